The lowest BCUT2D eigenvalue weighted by atomic mass is 9.85. The Morgan fingerprint density at radius 3 is 2.69 bits per heavy atom. The first-order valence-corrected chi connectivity index (χ1v) is 5.76. The minimum atomic E-state index is 0.258. The highest BCUT2D eigenvalue weighted by Crippen LogP contribution is 2.33. The molecular formula is C11H19NS. The highest BCUT2D eigenvalue weighted by molar-refractivity contribution is 7.10. The van der Waals surface area contributed by atoms with Gasteiger partial charge < -0.3 is 5.73 Å². The van der Waals surface area contributed by atoms with E-state index in [1.165, 1.54) is 10.4 Å². The number of rotatable bonds is 4. The molecule has 2 N–H and O–H groups in total. The van der Waals surface area contributed by atoms with Crippen LogP contribution in [0.4, 0.5) is 0 Å². The maximum absolute atomic E-state index is 5.62. The van der Waals surface area contributed by atoms with Crippen LogP contribution in [0, 0.1) is 0 Å². The van der Waals surface area contributed by atoms with E-state index < -0.39 is 0 Å². The molecule has 74 valence electrons. The van der Waals surface area contributed by atoms with Crippen LogP contribution in [-0.2, 0) is 11.8 Å². The third kappa shape index (κ3) is 2.32. The SMILES string of the molecule is CCc1ccsc1C(C)(C)CCN. The average molecular weight is 197 g/mol. The lowest BCUT2D eigenvalue weighted by molar-refractivity contribution is 0.494. The van der Waals surface area contributed by atoms with E-state index in [-0.39, 0.29) is 5.41 Å². The lowest BCUT2D eigenvalue weighted by Crippen LogP contribution is -2.21. The molecule has 13 heavy (non-hydrogen) atoms. The molecule has 0 spiro atoms. The number of nitrogens with two attached hydrogens (primary N) is 1. The average Bonchev–Trinajstić information content (AvgIpc) is 2.51. The molecule has 0 fully saturated rings. The maximum Gasteiger partial charge on any atom is 0.0134 e. The molecule has 0 aliphatic heterocycles. The Morgan fingerprint density at radius 2 is 2.15 bits per heavy atom. The standard InChI is InChI=1S/C11H19NS/c1-4-9-5-8-13-10(9)11(2,3)6-7-12/h5,8H,4,6-7,12H2,1-3H3. The van der Waals surface area contributed by atoms with Crippen molar-refractivity contribution in [3.8, 4) is 0 Å². The second-order valence-corrected chi connectivity index (χ2v) is 4.97. The third-order valence-electron chi connectivity index (χ3n) is 2.51. The van der Waals surface area contributed by atoms with E-state index in [4.69, 9.17) is 5.73 Å². The van der Waals surface area contributed by atoms with Gasteiger partial charge in [-0.15, -0.1) is 11.3 Å². The zero-order valence-electron chi connectivity index (χ0n) is 8.76. The smallest absolute Gasteiger partial charge is 0.0134 e. The summed E-state index contributed by atoms with van der Waals surface area (Å²) in [4.78, 5) is 1.51. The van der Waals surface area contributed by atoms with Crippen LogP contribution < -0.4 is 5.73 Å². The summed E-state index contributed by atoms with van der Waals surface area (Å²) in [6, 6.07) is 2.23. The fourth-order valence-corrected chi connectivity index (χ4v) is 2.84. The monoisotopic (exact) mass is 197 g/mol. The van der Waals surface area contributed by atoms with Crippen LogP contribution in [0.15, 0.2) is 11.4 Å². The van der Waals surface area contributed by atoms with E-state index in [9.17, 15) is 0 Å². The van der Waals surface area contributed by atoms with Crippen LogP contribution in [0.3, 0.4) is 0 Å². The highest BCUT2D eigenvalue weighted by atomic mass is 32.1. The Labute approximate surface area is 85.0 Å². The Hall–Kier alpha value is -0.340. The molecule has 0 aliphatic rings. The molecule has 0 radical (unpaired) electrons. The topological polar surface area (TPSA) is 26.0 Å². The first kappa shape index (κ1) is 10.7. The first-order valence-electron chi connectivity index (χ1n) is 4.88. The molecule has 1 heterocycles. The van der Waals surface area contributed by atoms with Gasteiger partial charge in [0.25, 0.3) is 0 Å². The van der Waals surface area contributed by atoms with E-state index in [0.717, 1.165) is 19.4 Å². The minimum Gasteiger partial charge on any atom is -0.330 e. The fourth-order valence-electron chi connectivity index (χ4n) is 1.68. The van der Waals surface area contributed by atoms with Crippen molar-refractivity contribution in [3.63, 3.8) is 0 Å². The van der Waals surface area contributed by atoms with E-state index in [1.54, 1.807) is 0 Å². The van der Waals surface area contributed by atoms with Crippen molar-refractivity contribution < 1.29 is 0 Å². The fraction of sp³-hybridized carbons (Fsp3) is 0.636. The van der Waals surface area contributed by atoms with E-state index in [0.29, 0.717) is 0 Å². The first-order chi connectivity index (χ1) is 6.11. The van der Waals surface area contributed by atoms with Gasteiger partial charge in [-0.3, -0.25) is 0 Å². The normalized spacial score (nSPS) is 12.0. The number of aryl methyl sites for hydroxylation is 1. The summed E-state index contributed by atoms with van der Waals surface area (Å²) >= 11 is 1.87. The third-order valence-corrected chi connectivity index (χ3v) is 3.83. The summed E-state index contributed by atoms with van der Waals surface area (Å²) in [6.07, 6.45) is 2.20. The van der Waals surface area contributed by atoms with Gasteiger partial charge in [0.05, 0.1) is 0 Å². The summed E-state index contributed by atoms with van der Waals surface area (Å²) < 4.78 is 0. The zero-order chi connectivity index (χ0) is 9.90. The molecule has 0 saturated heterocycles. The molecule has 0 atom stereocenters. The quantitative estimate of drug-likeness (QED) is 0.789. The van der Waals surface area contributed by atoms with Crippen molar-refractivity contribution in [2.45, 2.75) is 39.0 Å². The minimum absolute atomic E-state index is 0.258. The molecule has 1 rings (SSSR count). The molecule has 0 amide bonds. The van der Waals surface area contributed by atoms with Gasteiger partial charge in [-0.25, -0.2) is 0 Å². The molecule has 1 aromatic rings. The molecule has 0 unspecified atom stereocenters. The van der Waals surface area contributed by atoms with E-state index in [1.807, 2.05) is 11.3 Å². The predicted molar refractivity (Wildman–Crippen MR) is 60.4 cm³/mol. The largest absolute Gasteiger partial charge is 0.330 e. The molecule has 1 nitrogen and oxygen atoms in total. The summed E-state index contributed by atoms with van der Waals surface area (Å²) in [5.41, 5.74) is 7.36. The maximum atomic E-state index is 5.62. The van der Waals surface area contributed by atoms with Gasteiger partial charge in [-0.05, 0) is 36.4 Å². The van der Waals surface area contributed by atoms with Gasteiger partial charge in [-0.2, -0.15) is 0 Å². The summed E-state index contributed by atoms with van der Waals surface area (Å²) in [6.45, 7) is 7.55. The number of thiophene rings is 1. The summed E-state index contributed by atoms with van der Waals surface area (Å²) in [7, 11) is 0. The Kier molecular flexibility index (Phi) is 3.51. The van der Waals surface area contributed by atoms with Crippen LogP contribution in [0.2, 0.25) is 0 Å². The van der Waals surface area contributed by atoms with Crippen molar-refractivity contribution in [2.75, 3.05) is 6.54 Å². The van der Waals surface area contributed by atoms with Crippen LogP contribution in [0.1, 0.15) is 37.6 Å². The van der Waals surface area contributed by atoms with Crippen molar-refractivity contribution >= 4 is 11.3 Å². The van der Waals surface area contributed by atoms with Crippen molar-refractivity contribution in [1.82, 2.24) is 0 Å². The Balaban J connectivity index is 2.91. The second kappa shape index (κ2) is 4.25. The Bertz CT molecular complexity index is 263. The molecule has 0 saturated carbocycles. The van der Waals surface area contributed by atoms with Gasteiger partial charge in [-0.1, -0.05) is 20.8 Å². The predicted octanol–water partition coefficient (Wildman–Crippen LogP) is 2.94. The van der Waals surface area contributed by atoms with Crippen molar-refractivity contribution in [3.05, 3.63) is 21.9 Å². The molecule has 1 aromatic heterocycles. The molecular weight excluding hydrogens is 178 g/mol. The zero-order valence-corrected chi connectivity index (χ0v) is 9.58. The number of hydrogen-bond acceptors (Lipinski definition) is 2. The van der Waals surface area contributed by atoms with Crippen molar-refractivity contribution in [2.24, 2.45) is 5.73 Å². The highest BCUT2D eigenvalue weighted by Gasteiger charge is 2.23. The van der Waals surface area contributed by atoms with Crippen LogP contribution >= 0.6 is 11.3 Å². The van der Waals surface area contributed by atoms with E-state index in [2.05, 4.69) is 32.2 Å². The van der Waals surface area contributed by atoms with Crippen LogP contribution in [-0.4, -0.2) is 6.54 Å². The van der Waals surface area contributed by atoms with Crippen molar-refractivity contribution in [1.29, 1.82) is 0 Å². The molecule has 0 aliphatic carbocycles. The molecule has 0 bridgehead atoms. The van der Waals surface area contributed by atoms with Crippen LogP contribution in [0.25, 0.3) is 0 Å². The van der Waals surface area contributed by atoms with E-state index >= 15 is 0 Å². The van der Waals surface area contributed by atoms with Gasteiger partial charge in [0.2, 0.25) is 0 Å². The molecule has 2 heteroatoms. The van der Waals surface area contributed by atoms with Gasteiger partial charge >= 0.3 is 0 Å². The lowest BCUT2D eigenvalue weighted by Gasteiger charge is -2.24. The Morgan fingerprint density at radius 1 is 1.46 bits per heavy atom. The summed E-state index contributed by atoms with van der Waals surface area (Å²) in [5, 5.41) is 2.19. The molecule has 0 aromatic carbocycles. The van der Waals surface area contributed by atoms with Crippen LogP contribution in [0.5, 0.6) is 0 Å². The van der Waals surface area contributed by atoms with Gasteiger partial charge in [0.15, 0.2) is 0 Å². The van der Waals surface area contributed by atoms with Gasteiger partial charge in [0.1, 0.15) is 0 Å². The number of hydrogen-bond donors (Lipinski definition) is 1. The van der Waals surface area contributed by atoms with Gasteiger partial charge in [0, 0.05) is 10.3 Å². The second-order valence-electron chi connectivity index (χ2n) is 4.05. The summed E-state index contributed by atoms with van der Waals surface area (Å²) in [5.74, 6) is 0.